The van der Waals surface area contributed by atoms with Gasteiger partial charge in [-0.25, -0.2) is 9.37 Å². The molecule has 0 aliphatic carbocycles. The Morgan fingerprint density at radius 2 is 1.84 bits per heavy atom. The first-order valence-corrected chi connectivity index (χ1v) is 11.9. The lowest BCUT2D eigenvalue weighted by Crippen LogP contribution is -2.34. The number of carbonyl (C=O) groups excluding carboxylic acids is 1. The van der Waals surface area contributed by atoms with Crippen LogP contribution in [0.25, 0.3) is 16.7 Å². The molecule has 3 heterocycles. The monoisotopic (exact) mass is 528 g/mol. The summed E-state index contributed by atoms with van der Waals surface area (Å²) in [4.78, 5) is 23.3. The summed E-state index contributed by atoms with van der Waals surface area (Å²) >= 11 is 0. The van der Waals surface area contributed by atoms with E-state index >= 15 is 0 Å². The smallest absolute Gasteiger partial charge is 0.406 e. The number of likely N-dealkylation sites (tertiary alicyclic amines) is 1. The van der Waals surface area contributed by atoms with Crippen molar-refractivity contribution in [3.8, 4) is 11.4 Å². The molecule has 198 valence electrons. The molecule has 0 saturated carbocycles. The number of hydrogen-bond donors (Lipinski definition) is 1. The van der Waals surface area contributed by atoms with Crippen LogP contribution < -0.4 is 4.74 Å². The number of alkyl halides is 3. The molecule has 1 unspecified atom stereocenters. The van der Waals surface area contributed by atoms with Crippen molar-refractivity contribution in [3.05, 3.63) is 83.7 Å². The van der Waals surface area contributed by atoms with Crippen molar-refractivity contribution in [1.82, 2.24) is 19.4 Å². The van der Waals surface area contributed by atoms with Crippen molar-refractivity contribution in [1.29, 1.82) is 0 Å². The minimum absolute atomic E-state index is 0.00691. The van der Waals surface area contributed by atoms with Crippen molar-refractivity contribution in [2.24, 2.45) is 0 Å². The Balaban J connectivity index is 1.44. The number of pyridine rings is 1. The first kappa shape index (κ1) is 25.7. The van der Waals surface area contributed by atoms with Crippen LogP contribution in [0.15, 0.2) is 60.9 Å². The van der Waals surface area contributed by atoms with Gasteiger partial charge in [0, 0.05) is 35.5 Å². The van der Waals surface area contributed by atoms with E-state index in [9.17, 15) is 27.5 Å². The van der Waals surface area contributed by atoms with Gasteiger partial charge in [0.1, 0.15) is 23.0 Å². The lowest BCUT2D eigenvalue weighted by atomic mass is 9.94. The Morgan fingerprint density at radius 3 is 2.50 bits per heavy atom. The van der Waals surface area contributed by atoms with Gasteiger partial charge in [-0.3, -0.25) is 14.3 Å². The molecule has 1 atom stereocenters. The molecule has 4 aromatic rings. The minimum Gasteiger partial charge on any atom is -0.406 e. The van der Waals surface area contributed by atoms with Crippen LogP contribution in [-0.4, -0.2) is 49.9 Å². The van der Waals surface area contributed by atoms with Crippen LogP contribution in [0, 0.1) is 5.82 Å². The fourth-order valence-electron chi connectivity index (χ4n) is 4.74. The maximum absolute atomic E-state index is 13.6. The van der Waals surface area contributed by atoms with Crippen molar-refractivity contribution in [3.63, 3.8) is 0 Å². The Kier molecular flexibility index (Phi) is 6.34. The average Bonchev–Trinajstić information content (AvgIpc) is 3.45. The SMILES string of the molecule is CC(C)c1nc2cc(C(=O)N3CCC(O)(c4cncc(F)c4)C3)ccc2n1-c1ccc(OC(F)(F)F)cc1. The molecule has 0 spiro atoms. The highest BCUT2D eigenvalue weighted by atomic mass is 19.4. The van der Waals surface area contributed by atoms with Crippen LogP contribution in [-0.2, 0) is 5.60 Å². The summed E-state index contributed by atoms with van der Waals surface area (Å²) in [6, 6.07) is 11.8. The number of nitrogens with zero attached hydrogens (tertiary/aromatic N) is 4. The Bertz CT molecular complexity index is 1500. The van der Waals surface area contributed by atoms with Gasteiger partial charge in [0.25, 0.3) is 5.91 Å². The number of rotatable bonds is 5. The molecule has 1 saturated heterocycles. The number of aliphatic hydroxyl groups is 1. The standard InChI is InChI=1S/C27H24F4N4O3/c1-16(2)24-33-22-11-17(25(36)34-10-9-26(37,15-34)18-12-19(28)14-32-13-18)3-8-23(22)35(24)20-4-6-21(7-5-20)38-27(29,30)31/h3-8,11-14,16,37H,9-10,15H2,1-2H3. The minimum atomic E-state index is -4.78. The third-order valence-electron chi connectivity index (χ3n) is 6.55. The van der Waals surface area contributed by atoms with Gasteiger partial charge in [-0.2, -0.15) is 0 Å². The second-order valence-electron chi connectivity index (χ2n) is 9.61. The number of fused-ring (bicyclic) bond motifs is 1. The average molecular weight is 529 g/mol. The van der Waals surface area contributed by atoms with Gasteiger partial charge in [0.2, 0.25) is 0 Å². The molecule has 11 heteroatoms. The van der Waals surface area contributed by atoms with Crippen LogP contribution in [0.4, 0.5) is 17.6 Å². The number of halogens is 4. The van der Waals surface area contributed by atoms with E-state index in [1.807, 2.05) is 18.4 Å². The van der Waals surface area contributed by atoms with Crippen LogP contribution in [0.5, 0.6) is 5.75 Å². The Hall–Kier alpha value is -3.99. The number of amides is 1. The van der Waals surface area contributed by atoms with Crippen molar-refractivity contribution in [2.75, 3.05) is 13.1 Å². The zero-order valence-electron chi connectivity index (χ0n) is 20.5. The van der Waals surface area contributed by atoms with E-state index in [0.29, 0.717) is 33.7 Å². The second kappa shape index (κ2) is 9.39. The van der Waals surface area contributed by atoms with Gasteiger partial charge >= 0.3 is 6.36 Å². The number of hydrogen-bond acceptors (Lipinski definition) is 5. The number of carbonyl (C=O) groups is 1. The molecule has 1 aliphatic rings. The van der Waals surface area contributed by atoms with E-state index in [-0.39, 0.29) is 37.1 Å². The van der Waals surface area contributed by atoms with E-state index in [1.54, 1.807) is 18.2 Å². The number of aromatic nitrogens is 3. The molecule has 1 amide bonds. The molecule has 38 heavy (non-hydrogen) atoms. The van der Waals surface area contributed by atoms with E-state index in [2.05, 4.69) is 9.72 Å². The van der Waals surface area contributed by atoms with E-state index < -0.39 is 17.8 Å². The van der Waals surface area contributed by atoms with Gasteiger partial charge in [0.15, 0.2) is 0 Å². The van der Waals surface area contributed by atoms with Crippen molar-refractivity contribution < 1.29 is 32.2 Å². The van der Waals surface area contributed by atoms with Gasteiger partial charge in [-0.1, -0.05) is 13.8 Å². The third-order valence-corrected chi connectivity index (χ3v) is 6.55. The van der Waals surface area contributed by atoms with E-state index in [4.69, 9.17) is 4.98 Å². The molecule has 1 fully saturated rings. The van der Waals surface area contributed by atoms with Gasteiger partial charge in [-0.05, 0) is 55.0 Å². The summed E-state index contributed by atoms with van der Waals surface area (Å²) in [7, 11) is 0. The quantitative estimate of drug-likeness (QED) is 0.355. The van der Waals surface area contributed by atoms with Crippen molar-refractivity contribution >= 4 is 16.9 Å². The van der Waals surface area contributed by atoms with E-state index in [0.717, 1.165) is 6.20 Å². The highest BCUT2D eigenvalue weighted by molar-refractivity contribution is 5.98. The zero-order chi connectivity index (χ0) is 27.2. The van der Waals surface area contributed by atoms with Crippen LogP contribution in [0.3, 0.4) is 0 Å². The van der Waals surface area contributed by atoms with Gasteiger partial charge in [0.05, 0.1) is 23.8 Å². The second-order valence-corrected chi connectivity index (χ2v) is 9.61. The first-order valence-electron chi connectivity index (χ1n) is 11.9. The van der Waals surface area contributed by atoms with Crippen LogP contribution >= 0.6 is 0 Å². The summed E-state index contributed by atoms with van der Waals surface area (Å²) in [5.41, 5.74) is 1.10. The normalized spacial score (nSPS) is 17.9. The lowest BCUT2D eigenvalue weighted by molar-refractivity contribution is -0.274. The summed E-state index contributed by atoms with van der Waals surface area (Å²) in [6.07, 6.45) is -2.10. The molecule has 0 bridgehead atoms. The largest absolute Gasteiger partial charge is 0.573 e. The van der Waals surface area contributed by atoms with Crippen LogP contribution in [0.1, 0.15) is 47.9 Å². The molecule has 2 aromatic heterocycles. The molecular formula is C27H24F4N4O3. The lowest BCUT2D eigenvalue weighted by Gasteiger charge is -2.23. The maximum atomic E-state index is 13.6. The molecule has 2 aromatic carbocycles. The number of imidazole rings is 1. The topological polar surface area (TPSA) is 80.5 Å². The molecular weight excluding hydrogens is 504 g/mol. The molecule has 1 aliphatic heterocycles. The Morgan fingerprint density at radius 1 is 1.11 bits per heavy atom. The third kappa shape index (κ3) is 4.93. The maximum Gasteiger partial charge on any atom is 0.573 e. The Labute approximate surface area is 215 Å². The number of benzene rings is 2. The molecule has 7 nitrogen and oxygen atoms in total. The molecule has 5 rings (SSSR count). The van der Waals surface area contributed by atoms with Gasteiger partial charge < -0.3 is 14.7 Å². The zero-order valence-corrected chi connectivity index (χ0v) is 20.5. The van der Waals surface area contributed by atoms with E-state index in [1.165, 1.54) is 41.4 Å². The predicted molar refractivity (Wildman–Crippen MR) is 130 cm³/mol. The summed E-state index contributed by atoms with van der Waals surface area (Å²) in [5.74, 6) is -0.555. The fraction of sp³-hybridized carbons (Fsp3) is 0.296. The van der Waals surface area contributed by atoms with Crippen LogP contribution in [0.2, 0.25) is 0 Å². The van der Waals surface area contributed by atoms with Crippen molar-refractivity contribution in [2.45, 2.75) is 38.1 Å². The number of β-amino-alcohol motifs (C(OH)–C–C–N with tert-alkyl or cyclic N) is 1. The molecule has 0 radical (unpaired) electrons. The fourth-order valence-corrected chi connectivity index (χ4v) is 4.74. The summed E-state index contributed by atoms with van der Waals surface area (Å²) < 4.78 is 57.1. The summed E-state index contributed by atoms with van der Waals surface area (Å²) in [6.45, 7) is 4.16. The molecule has 1 N–H and O–H groups in total. The van der Waals surface area contributed by atoms with Gasteiger partial charge in [-0.15, -0.1) is 13.2 Å². The number of ether oxygens (including phenoxy) is 1. The highest BCUT2D eigenvalue weighted by Crippen LogP contribution is 2.34. The summed E-state index contributed by atoms with van der Waals surface area (Å²) in [5, 5.41) is 11.0. The predicted octanol–water partition coefficient (Wildman–Crippen LogP) is 5.32. The first-order chi connectivity index (χ1) is 17.9. The highest BCUT2D eigenvalue weighted by Gasteiger charge is 2.40.